The lowest BCUT2D eigenvalue weighted by molar-refractivity contribution is 0.00939. The fraction of sp³-hybridized carbons (Fsp3) is 0.462. The van der Waals surface area contributed by atoms with Crippen LogP contribution in [0.2, 0.25) is 0 Å². The van der Waals surface area contributed by atoms with Gasteiger partial charge in [0.25, 0.3) is 5.91 Å². The number of benzene rings is 2. The summed E-state index contributed by atoms with van der Waals surface area (Å²) in [4.78, 5) is 28.2. The first-order valence-corrected chi connectivity index (χ1v) is 12.0. The van der Waals surface area contributed by atoms with Crippen molar-refractivity contribution in [1.29, 1.82) is 0 Å². The van der Waals surface area contributed by atoms with Crippen LogP contribution in [0.5, 0.6) is 0 Å². The molecule has 2 atom stereocenters. The van der Waals surface area contributed by atoms with E-state index in [1.54, 1.807) is 44.8 Å². The van der Waals surface area contributed by atoms with Gasteiger partial charge in [-0.05, 0) is 64.3 Å². The molecule has 0 saturated carbocycles. The van der Waals surface area contributed by atoms with Crippen molar-refractivity contribution in [2.75, 3.05) is 18.2 Å². The first-order valence-electron chi connectivity index (χ1n) is 11.6. The van der Waals surface area contributed by atoms with Gasteiger partial charge in [0.1, 0.15) is 11.1 Å². The van der Waals surface area contributed by atoms with Gasteiger partial charge in [0, 0.05) is 12.1 Å². The number of carbonyl (C=O) groups is 2. The van der Waals surface area contributed by atoms with E-state index < -0.39 is 17.7 Å². The van der Waals surface area contributed by atoms with Gasteiger partial charge in [-0.1, -0.05) is 36.4 Å². The van der Waals surface area contributed by atoms with E-state index in [-0.39, 0.29) is 24.6 Å². The Kier molecular flexibility index (Phi) is 8.57. The monoisotopic (exact) mass is 487 g/mol. The molecule has 184 valence electrons. The molecule has 0 bridgehead atoms. The van der Waals surface area contributed by atoms with Crippen molar-refractivity contribution in [3.8, 4) is 0 Å². The quantitative estimate of drug-likeness (QED) is 0.438. The third-order valence-corrected chi connectivity index (χ3v) is 6.05. The average Bonchev–Trinajstić information content (AvgIpc) is 3.22. The highest BCUT2D eigenvalue weighted by atomic mass is 35.5. The number of amides is 2. The van der Waals surface area contributed by atoms with Crippen LogP contribution in [0.15, 0.2) is 54.6 Å². The maximum atomic E-state index is 13.7. The third-order valence-electron chi connectivity index (χ3n) is 5.61. The van der Waals surface area contributed by atoms with E-state index in [9.17, 15) is 14.7 Å². The molecule has 2 unspecified atom stereocenters. The standard InChI is InChI=1S/C26H34ClN3O4/c1-19(18-31)28(25(33)34-26(2,3)4)17-21-13-8-9-14-22(21)30(29-16-10-15-23(29)27)24(32)20-11-6-5-7-12-20/h5-9,11-14,19,23,31H,10,15-18H2,1-4H3. The van der Waals surface area contributed by atoms with Crippen molar-refractivity contribution in [3.05, 3.63) is 65.7 Å². The molecule has 2 amide bonds. The van der Waals surface area contributed by atoms with Crippen LogP contribution < -0.4 is 5.01 Å². The summed E-state index contributed by atoms with van der Waals surface area (Å²) in [5.41, 5.74) is 0.928. The lowest BCUT2D eigenvalue weighted by atomic mass is 10.1. The molecule has 0 radical (unpaired) electrons. The van der Waals surface area contributed by atoms with Gasteiger partial charge in [0.05, 0.1) is 24.9 Å². The second-order valence-electron chi connectivity index (χ2n) is 9.49. The Morgan fingerprint density at radius 2 is 1.79 bits per heavy atom. The molecule has 1 saturated heterocycles. The summed E-state index contributed by atoms with van der Waals surface area (Å²) in [5, 5.41) is 13.3. The maximum Gasteiger partial charge on any atom is 0.410 e. The van der Waals surface area contributed by atoms with Crippen molar-refractivity contribution in [1.82, 2.24) is 9.91 Å². The van der Waals surface area contributed by atoms with Gasteiger partial charge in [-0.15, -0.1) is 11.6 Å². The molecular weight excluding hydrogens is 454 g/mol. The minimum atomic E-state index is -0.680. The van der Waals surface area contributed by atoms with Gasteiger partial charge in [0.15, 0.2) is 0 Å². The highest BCUT2D eigenvalue weighted by Gasteiger charge is 2.35. The molecule has 1 aliphatic heterocycles. The van der Waals surface area contributed by atoms with E-state index in [0.29, 0.717) is 17.8 Å². The van der Waals surface area contributed by atoms with Gasteiger partial charge in [-0.3, -0.25) is 9.69 Å². The first kappa shape index (κ1) is 26.0. The van der Waals surface area contributed by atoms with Gasteiger partial charge in [-0.2, -0.15) is 5.01 Å². The SMILES string of the molecule is CC(CO)N(Cc1ccccc1N(C(=O)c1ccccc1)N1CCCC1Cl)C(=O)OC(C)(C)C. The van der Waals surface area contributed by atoms with Crippen LogP contribution in [-0.4, -0.2) is 57.3 Å². The number of alkyl halides is 1. The van der Waals surface area contributed by atoms with Crippen molar-refractivity contribution >= 4 is 29.3 Å². The number of hydrazine groups is 1. The number of nitrogens with zero attached hydrogens (tertiary/aromatic N) is 3. The number of aliphatic hydroxyl groups excluding tert-OH is 1. The highest BCUT2D eigenvalue weighted by Crippen LogP contribution is 2.32. The van der Waals surface area contributed by atoms with Crippen molar-refractivity contribution in [3.63, 3.8) is 0 Å². The van der Waals surface area contributed by atoms with Crippen LogP contribution in [0.4, 0.5) is 10.5 Å². The summed E-state index contributed by atoms with van der Waals surface area (Å²) in [5.74, 6) is -0.195. The number of ether oxygens (including phenoxy) is 1. The fourth-order valence-corrected chi connectivity index (χ4v) is 4.20. The Hall–Kier alpha value is -2.61. The van der Waals surface area contributed by atoms with Crippen molar-refractivity contribution in [2.45, 2.75) is 64.2 Å². The Morgan fingerprint density at radius 3 is 2.38 bits per heavy atom. The molecule has 0 aromatic heterocycles. The number of anilines is 1. The van der Waals surface area contributed by atoms with Crippen LogP contribution in [0, 0.1) is 0 Å². The number of hydrogen-bond acceptors (Lipinski definition) is 5. The second kappa shape index (κ2) is 11.2. The summed E-state index contributed by atoms with van der Waals surface area (Å²) in [6.45, 7) is 7.74. The largest absolute Gasteiger partial charge is 0.444 e. The smallest absolute Gasteiger partial charge is 0.410 e. The van der Waals surface area contributed by atoms with Crippen molar-refractivity contribution in [2.24, 2.45) is 0 Å². The lowest BCUT2D eigenvalue weighted by Gasteiger charge is -2.36. The molecule has 2 aromatic carbocycles. The van der Waals surface area contributed by atoms with E-state index in [1.807, 2.05) is 47.5 Å². The molecule has 1 heterocycles. The number of para-hydroxylation sites is 1. The van der Waals surface area contributed by atoms with Crippen LogP contribution in [0.25, 0.3) is 0 Å². The van der Waals surface area contributed by atoms with E-state index in [1.165, 1.54) is 4.90 Å². The topological polar surface area (TPSA) is 73.3 Å². The second-order valence-corrected chi connectivity index (χ2v) is 10.00. The molecule has 3 rings (SSSR count). The normalized spacial score (nSPS) is 17.3. The van der Waals surface area contributed by atoms with E-state index in [0.717, 1.165) is 18.4 Å². The predicted molar refractivity (Wildman–Crippen MR) is 134 cm³/mol. The molecule has 1 fully saturated rings. The molecule has 8 heteroatoms. The molecule has 1 aliphatic rings. The third kappa shape index (κ3) is 6.29. The Balaban J connectivity index is 2.02. The number of hydrogen-bond donors (Lipinski definition) is 1. The molecule has 34 heavy (non-hydrogen) atoms. The Bertz CT molecular complexity index is 980. The summed E-state index contributed by atoms with van der Waals surface area (Å²) >= 11 is 6.62. The zero-order valence-electron chi connectivity index (χ0n) is 20.3. The van der Waals surface area contributed by atoms with Crippen molar-refractivity contribution < 1.29 is 19.4 Å². The van der Waals surface area contributed by atoms with Gasteiger partial charge in [0.2, 0.25) is 0 Å². The number of carbonyl (C=O) groups excluding carboxylic acids is 2. The molecule has 0 aliphatic carbocycles. The summed E-state index contributed by atoms with van der Waals surface area (Å²) in [6.07, 6.45) is 1.12. The molecule has 7 nitrogen and oxygen atoms in total. The summed E-state index contributed by atoms with van der Waals surface area (Å²) in [7, 11) is 0. The minimum Gasteiger partial charge on any atom is -0.444 e. The van der Waals surface area contributed by atoms with Gasteiger partial charge in [-0.25, -0.2) is 9.80 Å². The maximum absolute atomic E-state index is 13.7. The first-order chi connectivity index (χ1) is 16.1. The summed E-state index contributed by atoms with van der Waals surface area (Å²) < 4.78 is 5.59. The van der Waals surface area contributed by atoms with Gasteiger partial charge < -0.3 is 9.84 Å². The van der Waals surface area contributed by atoms with Crippen LogP contribution in [-0.2, 0) is 11.3 Å². The van der Waals surface area contributed by atoms with Crippen LogP contribution in [0.3, 0.4) is 0 Å². The highest BCUT2D eigenvalue weighted by molar-refractivity contribution is 6.21. The number of halogens is 1. The number of rotatable bonds is 7. The van der Waals surface area contributed by atoms with E-state index >= 15 is 0 Å². The number of aliphatic hydroxyl groups is 1. The molecule has 0 spiro atoms. The minimum absolute atomic E-state index is 0.159. The predicted octanol–water partition coefficient (Wildman–Crippen LogP) is 5.03. The Labute approximate surface area is 206 Å². The molecule has 1 N–H and O–H groups in total. The van der Waals surface area contributed by atoms with Gasteiger partial charge >= 0.3 is 6.09 Å². The fourth-order valence-electron chi connectivity index (χ4n) is 3.86. The average molecular weight is 488 g/mol. The lowest BCUT2D eigenvalue weighted by Crippen LogP contribution is -2.49. The molecular formula is C26H34ClN3O4. The van der Waals surface area contributed by atoms with E-state index in [4.69, 9.17) is 16.3 Å². The van der Waals surface area contributed by atoms with E-state index in [2.05, 4.69) is 0 Å². The Morgan fingerprint density at radius 1 is 1.15 bits per heavy atom. The van der Waals surface area contributed by atoms with Crippen LogP contribution >= 0.6 is 11.6 Å². The summed E-state index contributed by atoms with van der Waals surface area (Å²) in [6, 6.07) is 16.0. The zero-order valence-corrected chi connectivity index (χ0v) is 21.0. The van der Waals surface area contributed by atoms with Crippen LogP contribution in [0.1, 0.15) is 56.5 Å². The molecule has 2 aromatic rings. The zero-order chi connectivity index (χ0) is 24.9.